The molecule has 1 atom stereocenters. The summed E-state index contributed by atoms with van der Waals surface area (Å²) in [6.45, 7) is 9.22. The molecule has 1 heterocycles. The van der Waals surface area contributed by atoms with Crippen LogP contribution < -0.4 is 5.32 Å². The summed E-state index contributed by atoms with van der Waals surface area (Å²) in [6, 6.07) is 0.255. The molecule has 0 saturated carbocycles. The van der Waals surface area contributed by atoms with Gasteiger partial charge >= 0.3 is 11.8 Å². The van der Waals surface area contributed by atoms with Crippen molar-refractivity contribution in [2.24, 2.45) is 5.92 Å². The molecule has 1 saturated heterocycles. The van der Waals surface area contributed by atoms with Crippen molar-refractivity contribution in [1.82, 2.24) is 15.1 Å². The van der Waals surface area contributed by atoms with Crippen LogP contribution >= 0.6 is 0 Å². The monoisotopic (exact) mass is 255 g/mol. The van der Waals surface area contributed by atoms with Crippen LogP contribution in [0.4, 0.5) is 0 Å². The van der Waals surface area contributed by atoms with E-state index in [-0.39, 0.29) is 17.9 Å². The smallest absolute Gasteiger partial charge is 0.312 e. The van der Waals surface area contributed by atoms with Crippen LogP contribution in [0.3, 0.4) is 0 Å². The Bertz CT molecular complexity index is 305. The molecule has 0 radical (unpaired) electrons. The Labute approximate surface area is 110 Å². The van der Waals surface area contributed by atoms with E-state index < -0.39 is 0 Å². The molecule has 5 nitrogen and oxygen atoms in total. The first-order chi connectivity index (χ1) is 8.47. The van der Waals surface area contributed by atoms with Gasteiger partial charge in [-0.1, -0.05) is 20.8 Å². The molecular weight excluding hydrogens is 230 g/mol. The van der Waals surface area contributed by atoms with Crippen molar-refractivity contribution in [3.63, 3.8) is 0 Å². The summed E-state index contributed by atoms with van der Waals surface area (Å²) >= 11 is 0. The van der Waals surface area contributed by atoms with Gasteiger partial charge in [0.05, 0.1) is 0 Å². The lowest BCUT2D eigenvalue weighted by Gasteiger charge is -2.35. The van der Waals surface area contributed by atoms with Crippen molar-refractivity contribution in [3.05, 3.63) is 0 Å². The summed E-state index contributed by atoms with van der Waals surface area (Å²) in [5.41, 5.74) is 0. The van der Waals surface area contributed by atoms with E-state index in [2.05, 4.69) is 26.1 Å². The van der Waals surface area contributed by atoms with Crippen molar-refractivity contribution in [2.45, 2.75) is 33.2 Å². The molecule has 0 aromatic rings. The fourth-order valence-electron chi connectivity index (χ4n) is 2.02. The summed E-state index contributed by atoms with van der Waals surface area (Å²) in [5.74, 6) is -0.314. The van der Waals surface area contributed by atoms with Crippen LogP contribution in [-0.2, 0) is 9.59 Å². The van der Waals surface area contributed by atoms with E-state index in [1.54, 1.807) is 11.9 Å². The molecule has 2 amide bonds. The zero-order chi connectivity index (χ0) is 13.7. The fraction of sp³-hybridized carbons (Fsp3) is 0.846. The highest BCUT2D eigenvalue weighted by molar-refractivity contribution is 6.35. The Hall–Kier alpha value is -1.10. The van der Waals surface area contributed by atoms with Crippen LogP contribution in [0.2, 0.25) is 0 Å². The van der Waals surface area contributed by atoms with Gasteiger partial charge in [0.2, 0.25) is 0 Å². The quantitative estimate of drug-likeness (QED) is 0.695. The number of hydrogen-bond acceptors (Lipinski definition) is 3. The van der Waals surface area contributed by atoms with E-state index in [1.165, 1.54) is 4.90 Å². The van der Waals surface area contributed by atoms with Gasteiger partial charge in [-0.15, -0.1) is 0 Å². The van der Waals surface area contributed by atoms with Crippen molar-refractivity contribution in [3.8, 4) is 0 Å². The Morgan fingerprint density at radius 2 is 1.89 bits per heavy atom. The minimum Gasteiger partial charge on any atom is -0.336 e. The maximum Gasteiger partial charge on any atom is 0.312 e. The number of carbonyl (C=O) groups excluding carboxylic acids is 2. The molecule has 1 fully saturated rings. The number of hydrogen-bond donors (Lipinski definition) is 1. The lowest BCUT2D eigenvalue weighted by Crippen LogP contribution is -2.56. The largest absolute Gasteiger partial charge is 0.336 e. The van der Waals surface area contributed by atoms with Gasteiger partial charge in [0.1, 0.15) is 0 Å². The Morgan fingerprint density at radius 1 is 1.22 bits per heavy atom. The van der Waals surface area contributed by atoms with E-state index in [9.17, 15) is 9.59 Å². The average molecular weight is 255 g/mol. The molecule has 1 N–H and O–H groups in total. The molecule has 1 aliphatic heterocycles. The van der Waals surface area contributed by atoms with Gasteiger partial charge in [-0.3, -0.25) is 9.59 Å². The van der Waals surface area contributed by atoms with Crippen molar-refractivity contribution >= 4 is 11.8 Å². The molecule has 0 aliphatic carbocycles. The van der Waals surface area contributed by atoms with Gasteiger partial charge in [0, 0.05) is 32.7 Å². The van der Waals surface area contributed by atoms with Crippen molar-refractivity contribution in [2.75, 3.05) is 33.2 Å². The van der Waals surface area contributed by atoms with Crippen LogP contribution in [0.25, 0.3) is 0 Å². The third kappa shape index (κ3) is 3.70. The van der Waals surface area contributed by atoms with Crippen LogP contribution in [0.5, 0.6) is 0 Å². The van der Waals surface area contributed by atoms with Gasteiger partial charge in [0.25, 0.3) is 0 Å². The molecule has 18 heavy (non-hydrogen) atoms. The first kappa shape index (κ1) is 15.0. The second-order valence-corrected chi connectivity index (χ2v) is 5.28. The highest BCUT2D eigenvalue weighted by Crippen LogP contribution is 2.09. The molecule has 1 unspecified atom stereocenters. The highest BCUT2D eigenvalue weighted by Gasteiger charge is 2.31. The minimum atomic E-state index is -0.390. The lowest BCUT2D eigenvalue weighted by molar-refractivity contribution is -0.155. The van der Waals surface area contributed by atoms with Crippen molar-refractivity contribution in [1.29, 1.82) is 0 Å². The first-order valence-electron chi connectivity index (χ1n) is 6.75. The summed E-state index contributed by atoms with van der Waals surface area (Å²) in [7, 11) is 1.67. The summed E-state index contributed by atoms with van der Waals surface area (Å²) in [4.78, 5) is 26.7. The van der Waals surface area contributed by atoms with Crippen LogP contribution in [-0.4, -0.2) is 60.9 Å². The van der Waals surface area contributed by atoms with E-state index in [4.69, 9.17) is 0 Å². The van der Waals surface area contributed by atoms with Crippen molar-refractivity contribution < 1.29 is 9.59 Å². The number of piperazine rings is 1. The van der Waals surface area contributed by atoms with E-state index >= 15 is 0 Å². The van der Waals surface area contributed by atoms with Gasteiger partial charge in [-0.25, -0.2) is 0 Å². The van der Waals surface area contributed by atoms with E-state index in [0.29, 0.717) is 25.6 Å². The zero-order valence-electron chi connectivity index (χ0n) is 11.9. The van der Waals surface area contributed by atoms with Crippen LogP contribution in [0.1, 0.15) is 27.2 Å². The van der Waals surface area contributed by atoms with E-state index in [0.717, 1.165) is 13.0 Å². The fourth-order valence-corrected chi connectivity index (χ4v) is 2.02. The predicted molar refractivity (Wildman–Crippen MR) is 71.1 cm³/mol. The third-order valence-corrected chi connectivity index (χ3v) is 3.40. The second-order valence-electron chi connectivity index (χ2n) is 5.28. The SMILES string of the molecule is CCCNC(CN1CCN(C)C(=O)C1=O)C(C)C. The molecule has 104 valence electrons. The van der Waals surface area contributed by atoms with Gasteiger partial charge in [0.15, 0.2) is 0 Å². The summed E-state index contributed by atoms with van der Waals surface area (Å²) < 4.78 is 0. The van der Waals surface area contributed by atoms with Crippen LogP contribution in [0, 0.1) is 5.92 Å². The number of nitrogens with one attached hydrogen (secondary N) is 1. The van der Waals surface area contributed by atoms with Gasteiger partial charge in [-0.2, -0.15) is 0 Å². The predicted octanol–water partition coefficient (Wildman–Crippen LogP) is 0.311. The number of amides is 2. The standard InChI is InChI=1S/C13H25N3O2/c1-5-6-14-11(10(2)3)9-16-8-7-15(4)12(17)13(16)18/h10-11,14H,5-9H2,1-4H3. The maximum atomic E-state index is 11.9. The van der Waals surface area contributed by atoms with E-state index in [1.807, 2.05) is 0 Å². The highest BCUT2D eigenvalue weighted by atomic mass is 16.2. The molecule has 0 aromatic heterocycles. The van der Waals surface area contributed by atoms with Gasteiger partial charge in [-0.05, 0) is 18.9 Å². The first-order valence-corrected chi connectivity index (χ1v) is 6.75. The lowest BCUT2D eigenvalue weighted by atomic mass is 10.0. The minimum absolute atomic E-state index is 0.255. The Morgan fingerprint density at radius 3 is 2.44 bits per heavy atom. The van der Waals surface area contributed by atoms with Gasteiger partial charge < -0.3 is 15.1 Å². The number of nitrogens with zero attached hydrogens (tertiary/aromatic N) is 2. The number of rotatable bonds is 6. The zero-order valence-corrected chi connectivity index (χ0v) is 11.9. The molecule has 0 aromatic carbocycles. The number of likely N-dealkylation sites (N-methyl/N-ethyl adjacent to an activating group) is 1. The molecule has 1 rings (SSSR count). The topological polar surface area (TPSA) is 52.6 Å². The molecular formula is C13H25N3O2. The Kier molecular flexibility index (Phi) is 5.59. The third-order valence-electron chi connectivity index (χ3n) is 3.40. The number of carbonyl (C=O) groups is 2. The normalized spacial score (nSPS) is 18.7. The van der Waals surface area contributed by atoms with Crippen LogP contribution in [0.15, 0.2) is 0 Å². The Balaban J connectivity index is 2.58. The molecule has 5 heteroatoms. The maximum absolute atomic E-state index is 11.9. The molecule has 1 aliphatic rings. The average Bonchev–Trinajstić information content (AvgIpc) is 2.33. The summed E-state index contributed by atoms with van der Waals surface area (Å²) in [5, 5.41) is 3.44. The second kappa shape index (κ2) is 6.73. The molecule has 0 bridgehead atoms. The molecule has 0 spiro atoms. The summed E-state index contributed by atoms with van der Waals surface area (Å²) in [6.07, 6.45) is 1.07.